The lowest BCUT2D eigenvalue weighted by Gasteiger charge is -2.13. The Morgan fingerprint density at radius 3 is 2.46 bits per heavy atom. The summed E-state index contributed by atoms with van der Waals surface area (Å²) < 4.78 is 8.96. The number of ether oxygens (including phenoxy) is 1. The second kappa shape index (κ2) is 8.01. The van der Waals surface area contributed by atoms with E-state index in [0.29, 0.717) is 28.6 Å². The molecule has 0 aliphatic heterocycles. The molecule has 1 heterocycles. The van der Waals surface area contributed by atoms with E-state index in [9.17, 15) is 9.59 Å². The minimum absolute atomic E-state index is 0.346. The molecule has 0 radical (unpaired) electrons. The van der Waals surface area contributed by atoms with Gasteiger partial charge in [0, 0.05) is 5.69 Å². The fraction of sp³-hybridized carbons (Fsp3) is 0.412. The van der Waals surface area contributed by atoms with E-state index in [4.69, 9.17) is 4.74 Å². The van der Waals surface area contributed by atoms with Gasteiger partial charge in [-0.05, 0) is 48.5 Å². The van der Waals surface area contributed by atoms with E-state index >= 15 is 0 Å². The van der Waals surface area contributed by atoms with Crippen LogP contribution in [0, 0.1) is 0 Å². The van der Waals surface area contributed by atoms with Gasteiger partial charge in [0.1, 0.15) is 0 Å². The van der Waals surface area contributed by atoms with Crippen molar-refractivity contribution in [3.63, 3.8) is 0 Å². The molecule has 0 aliphatic rings. The van der Waals surface area contributed by atoms with Crippen molar-refractivity contribution in [1.29, 1.82) is 0 Å². The summed E-state index contributed by atoms with van der Waals surface area (Å²) in [6.07, 6.45) is -0.321. The van der Waals surface area contributed by atoms with Crippen LogP contribution in [-0.4, -0.2) is 27.6 Å². The molecule has 0 spiro atoms. The Labute approximate surface area is 145 Å². The number of aromatic nitrogens is 2. The van der Waals surface area contributed by atoms with E-state index < -0.39 is 12.1 Å². The summed E-state index contributed by atoms with van der Waals surface area (Å²) in [7, 11) is 0. The average molecular weight is 347 g/mol. The van der Waals surface area contributed by atoms with E-state index in [2.05, 4.69) is 28.8 Å². The highest BCUT2D eigenvalue weighted by atomic mass is 32.1. The van der Waals surface area contributed by atoms with Crippen LogP contribution in [0.2, 0.25) is 0 Å². The van der Waals surface area contributed by atoms with Crippen LogP contribution in [0.25, 0.3) is 0 Å². The molecule has 1 amide bonds. The van der Waals surface area contributed by atoms with Gasteiger partial charge in [-0.15, -0.1) is 5.10 Å². The molecule has 0 saturated carbocycles. The molecule has 2 rings (SSSR count). The number of benzene rings is 1. The summed E-state index contributed by atoms with van der Waals surface area (Å²) >= 11 is 0.977. The molecule has 0 bridgehead atoms. The summed E-state index contributed by atoms with van der Waals surface area (Å²) in [5.74, 6) is -0.522. The Kier molecular flexibility index (Phi) is 6.03. The Morgan fingerprint density at radius 2 is 1.88 bits per heavy atom. The Bertz CT molecular complexity index is 710. The molecule has 1 aromatic carbocycles. The lowest BCUT2D eigenvalue weighted by Crippen LogP contribution is -2.30. The molecule has 0 aliphatic carbocycles. The van der Waals surface area contributed by atoms with Crippen molar-refractivity contribution in [1.82, 2.24) is 9.59 Å². The zero-order valence-corrected chi connectivity index (χ0v) is 15.0. The van der Waals surface area contributed by atoms with Crippen molar-refractivity contribution in [3.8, 4) is 0 Å². The van der Waals surface area contributed by atoms with Crippen LogP contribution in [0.1, 0.15) is 54.5 Å². The molecule has 0 saturated heterocycles. The fourth-order valence-electron chi connectivity index (χ4n) is 2.06. The number of hydrogen-bond donors (Lipinski definition) is 1. The number of amides is 1. The standard InChI is InChI=1S/C17H21N3O3S/c1-5-14-15(24-20-19-14)17(22)23-11(4)16(21)18-13-8-6-12(7-9-13)10(2)3/h6-11H,5H2,1-4H3,(H,18,21)/t11-/m0/s1. The second-order valence-electron chi connectivity index (χ2n) is 5.72. The van der Waals surface area contributed by atoms with Gasteiger partial charge in [-0.3, -0.25) is 4.79 Å². The van der Waals surface area contributed by atoms with Crippen molar-refractivity contribution in [3.05, 3.63) is 40.4 Å². The Morgan fingerprint density at radius 1 is 1.21 bits per heavy atom. The zero-order valence-electron chi connectivity index (χ0n) is 14.2. The first-order chi connectivity index (χ1) is 11.4. The number of carbonyl (C=O) groups excluding carboxylic acids is 2. The molecular formula is C17H21N3O3S. The number of nitrogens with zero attached hydrogens (tertiary/aromatic N) is 2. The molecule has 0 fully saturated rings. The summed E-state index contributed by atoms with van der Waals surface area (Å²) in [5, 5.41) is 6.61. The Hall–Kier alpha value is -2.28. The summed E-state index contributed by atoms with van der Waals surface area (Å²) in [4.78, 5) is 24.6. The van der Waals surface area contributed by atoms with Crippen LogP contribution < -0.4 is 5.32 Å². The van der Waals surface area contributed by atoms with Crippen LogP contribution in [0.3, 0.4) is 0 Å². The number of carbonyl (C=O) groups is 2. The van der Waals surface area contributed by atoms with E-state index in [1.165, 1.54) is 12.5 Å². The molecule has 1 aromatic heterocycles. The normalized spacial score (nSPS) is 12.0. The van der Waals surface area contributed by atoms with Gasteiger partial charge in [0.05, 0.1) is 5.69 Å². The van der Waals surface area contributed by atoms with Gasteiger partial charge in [0.25, 0.3) is 5.91 Å². The molecule has 6 nitrogen and oxygen atoms in total. The van der Waals surface area contributed by atoms with E-state index in [1.54, 1.807) is 0 Å². The van der Waals surface area contributed by atoms with Gasteiger partial charge in [-0.2, -0.15) is 0 Å². The van der Waals surface area contributed by atoms with Gasteiger partial charge < -0.3 is 10.1 Å². The third-order valence-corrected chi connectivity index (χ3v) is 4.32. The highest BCUT2D eigenvalue weighted by molar-refractivity contribution is 7.07. The first-order valence-corrected chi connectivity index (χ1v) is 8.62. The number of anilines is 1. The summed E-state index contributed by atoms with van der Waals surface area (Å²) in [5.41, 5.74) is 2.44. The number of rotatable bonds is 6. The average Bonchev–Trinajstić information content (AvgIpc) is 3.04. The van der Waals surface area contributed by atoms with Crippen molar-refractivity contribution in [2.45, 2.75) is 46.1 Å². The van der Waals surface area contributed by atoms with Crippen LogP contribution in [-0.2, 0) is 16.0 Å². The first kappa shape index (κ1) is 18.1. The number of nitrogens with one attached hydrogen (secondary N) is 1. The largest absolute Gasteiger partial charge is 0.448 e. The van der Waals surface area contributed by atoms with Gasteiger partial charge in [0.2, 0.25) is 0 Å². The molecule has 2 aromatic rings. The van der Waals surface area contributed by atoms with Crippen LogP contribution in [0.4, 0.5) is 5.69 Å². The molecule has 0 unspecified atom stereocenters. The number of aryl methyl sites for hydroxylation is 1. The third-order valence-electron chi connectivity index (χ3n) is 3.57. The molecule has 24 heavy (non-hydrogen) atoms. The van der Waals surface area contributed by atoms with Crippen LogP contribution >= 0.6 is 11.5 Å². The maximum Gasteiger partial charge on any atom is 0.352 e. The monoisotopic (exact) mass is 347 g/mol. The lowest BCUT2D eigenvalue weighted by atomic mass is 10.0. The molecule has 7 heteroatoms. The second-order valence-corrected chi connectivity index (χ2v) is 6.47. The van der Waals surface area contributed by atoms with Crippen molar-refractivity contribution >= 4 is 29.1 Å². The zero-order chi connectivity index (χ0) is 17.7. The van der Waals surface area contributed by atoms with Gasteiger partial charge >= 0.3 is 5.97 Å². The van der Waals surface area contributed by atoms with E-state index in [-0.39, 0.29) is 5.91 Å². The predicted octanol–water partition coefficient (Wildman–Crippen LogP) is 3.41. The molecular weight excluding hydrogens is 326 g/mol. The van der Waals surface area contributed by atoms with Gasteiger partial charge in [0.15, 0.2) is 11.0 Å². The van der Waals surface area contributed by atoms with Gasteiger partial charge in [-0.25, -0.2) is 4.79 Å². The quantitative estimate of drug-likeness (QED) is 0.810. The molecule has 128 valence electrons. The van der Waals surface area contributed by atoms with Crippen molar-refractivity contribution in [2.75, 3.05) is 5.32 Å². The third kappa shape index (κ3) is 4.38. The highest BCUT2D eigenvalue weighted by Gasteiger charge is 2.23. The molecule has 1 atom stereocenters. The smallest absolute Gasteiger partial charge is 0.352 e. The number of hydrogen-bond acceptors (Lipinski definition) is 6. The highest BCUT2D eigenvalue weighted by Crippen LogP contribution is 2.18. The first-order valence-electron chi connectivity index (χ1n) is 7.85. The maximum absolute atomic E-state index is 12.2. The van der Waals surface area contributed by atoms with Crippen molar-refractivity contribution < 1.29 is 14.3 Å². The molecule has 1 N–H and O–H groups in total. The fourth-order valence-corrected chi connectivity index (χ4v) is 2.69. The Balaban J connectivity index is 1.95. The maximum atomic E-state index is 12.2. The topological polar surface area (TPSA) is 81.2 Å². The number of esters is 1. The summed E-state index contributed by atoms with van der Waals surface area (Å²) in [6.45, 7) is 7.63. The lowest BCUT2D eigenvalue weighted by molar-refractivity contribution is -0.123. The van der Waals surface area contributed by atoms with Crippen LogP contribution in [0.15, 0.2) is 24.3 Å². The van der Waals surface area contributed by atoms with E-state index in [0.717, 1.165) is 11.5 Å². The summed E-state index contributed by atoms with van der Waals surface area (Å²) in [6, 6.07) is 7.61. The van der Waals surface area contributed by atoms with Crippen LogP contribution in [0.5, 0.6) is 0 Å². The minimum atomic E-state index is -0.908. The van der Waals surface area contributed by atoms with Gasteiger partial charge in [-0.1, -0.05) is 37.4 Å². The SMILES string of the molecule is CCc1nnsc1C(=O)O[C@@H](C)C(=O)Nc1ccc(C(C)C)cc1. The predicted molar refractivity (Wildman–Crippen MR) is 93.3 cm³/mol. The van der Waals surface area contributed by atoms with E-state index in [1.807, 2.05) is 31.2 Å². The minimum Gasteiger partial charge on any atom is -0.448 e. The van der Waals surface area contributed by atoms with Crippen molar-refractivity contribution in [2.24, 2.45) is 0 Å².